The zero-order chi connectivity index (χ0) is 24.3. The molecule has 174 valence electrons. The third-order valence-electron chi connectivity index (χ3n) is 5.81. The Morgan fingerprint density at radius 3 is 2.36 bits per heavy atom. The first kappa shape index (κ1) is 24.3. The lowest BCUT2D eigenvalue weighted by Crippen LogP contribution is -2.43. The molecule has 2 aromatic heterocycles. The summed E-state index contributed by atoms with van der Waals surface area (Å²) in [4.78, 5) is 41.0. The van der Waals surface area contributed by atoms with Gasteiger partial charge in [-0.15, -0.1) is 0 Å². The highest BCUT2D eigenvalue weighted by atomic mass is 35.5. The van der Waals surface area contributed by atoms with Crippen molar-refractivity contribution in [2.45, 2.75) is 46.8 Å². The van der Waals surface area contributed by atoms with Crippen molar-refractivity contribution in [1.29, 1.82) is 0 Å². The molecule has 2 heterocycles. The number of aromatic nitrogens is 1. The summed E-state index contributed by atoms with van der Waals surface area (Å²) in [5.41, 5.74) is 2.35. The van der Waals surface area contributed by atoms with Gasteiger partial charge in [0, 0.05) is 28.4 Å². The molecular formula is C25H27ClN2O5. The predicted octanol–water partition coefficient (Wildman–Crippen LogP) is 5.07. The van der Waals surface area contributed by atoms with E-state index in [0.717, 1.165) is 0 Å². The number of Topliss-reactive ketones (excluding diaryl/α,β-unsaturated/α-hetero) is 1. The maximum absolute atomic E-state index is 13.7. The van der Waals surface area contributed by atoms with Crippen LogP contribution in [0.15, 0.2) is 47.1 Å². The number of hydrogen-bond acceptors (Lipinski definition) is 5. The number of amides is 1. The van der Waals surface area contributed by atoms with Gasteiger partial charge in [0.25, 0.3) is 5.91 Å². The van der Waals surface area contributed by atoms with Gasteiger partial charge in [0.15, 0.2) is 5.78 Å². The Morgan fingerprint density at radius 2 is 1.82 bits per heavy atom. The molecule has 1 atom stereocenters. The molecule has 0 N–H and O–H groups in total. The van der Waals surface area contributed by atoms with Crippen LogP contribution in [0.1, 0.15) is 62.1 Å². The summed E-state index contributed by atoms with van der Waals surface area (Å²) >= 11 is 5.97. The standard InChI is InChI=1S/C25H27ClN2O5/c1-6-27-16(3)21(15(2)22(27)25(31)32-5)23(29)17(4)28(14-20-8-7-13-33-20)24(30)18-9-11-19(26)12-10-18/h7-13,17H,6,14H2,1-5H3/t17-/m1/s1. The van der Waals surface area contributed by atoms with E-state index < -0.39 is 12.0 Å². The highest BCUT2D eigenvalue weighted by Gasteiger charge is 2.33. The van der Waals surface area contributed by atoms with Gasteiger partial charge in [-0.1, -0.05) is 11.6 Å². The molecule has 0 radical (unpaired) electrons. The number of ketones is 1. The molecule has 0 aliphatic heterocycles. The Kier molecular flexibility index (Phi) is 7.43. The van der Waals surface area contributed by atoms with Crippen molar-refractivity contribution in [1.82, 2.24) is 9.47 Å². The van der Waals surface area contributed by atoms with E-state index in [9.17, 15) is 14.4 Å². The number of methoxy groups -OCH3 is 1. The average Bonchev–Trinajstić information content (AvgIpc) is 3.41. The van der Waals surface area contributed by atoms with Crippen LogP contribution >= 0.6 is 11.6 Å². The van der Waals surface area contributed by atoms with Crippen molar-refractivity contribution in [2.24, 2.45) is 0 Å². The number of rotatable bonds is 8. The van der Waals surface area contributed by atoms with E-state index in [1.54, 1.807) is 61.7 Å². The van der Waals surface area contributed by atoms with Gasteiger partial charge in [0.05, 0.1) is 26.0 Å². The van der Waals surface area contributed by atoms with Gasteiger partial charge in [0.1, 0.15) is 11.5 Å². The Labute approximate surface area is 197 Å². The van der Waals surface area contributed by atoms with Crippen molar-refractivity contribution < 1.29 is 23.5 Å². The molecule has 0 bridgehead atoms. The van der Waals surface area contributed by atoms with Crippen LogP contribution in [0, 0.1) is 13.8 Å². The minimum Gasteiger partial charge on any atom is -0.467 e. The fourth-order valence-electron chi connectivity index (χ4n) is 4.08. The molecule has 8 heteroatoms. The molecule has 0 saturated heterocycles. The zero-order valence-corrected chi connectivity index (χ0v) is 20.1. The summed E-state index contributed by atoms with van der Waals surface area (Å²) in [5, 5.41) is 0.510. The fourth-order valence-corrected chi connectivity index (χ4v) is 4.20. The van der Waals surface area contributed by atoms with Crippen LogP contribution < -0.4 is 0 Å². The van der Waals surface area contributed by atoms with Crippen LogP contribution in [-0.2, 0) is 17.8 Å². The molecule has 0 aliphatic carbocycles. The number of nitrogens with zero attached hydrogens (tertiary/aromatic N) is 2. The van der Waals surface area contributed by atoms with Crippen molar-refractivity contribution in [3.63, 3.8) is 0 Å². The first-order valence-electron chi connectivity index (χ1n) is 10.6. The zero-order valence-electron chi connectivity index (χ0n) is 19.3. The van der Waals surface area contributed by atoms with Gasteiger partial charge < -0.3 is 18.6 Å². The van der Waals surface area contributed by atoms with E-state index in [1.165, 1.54) is 18.3 Å². The molecular weight excluding hydrogens is 444 g/mol. The van der Waals surface area contributed by atoms with Gasteiger partial charge in [-0.05, 0) is 69.7 Å². The highest BCUT2D eigenvalue weighted by Crippen LogP contribution is 2.27. The van der Waals surface area contributed by atoms with Gasteiger partial charge in [0.2, 0.25) is 0 Å². The number of hydrogen-bond donors (Lipinski definition) is 0. The highest BCUT2D eigenvalue weighted by molar-refractivity contribution is 6.30. The van der Waals surface area contributed by atoms with Gasteiger partial charge in [-0.3, -0.25) is 9.59 Å². The smallest absolute Gasteiger partial charge is 0.354 e. The molecule has 0 unspecified atom stereocenters. The maximum Gasteiger partial charge on any atom is 0.354 e. The first-order chi connectivity index (χ1) is 15.7. The number of ether oxygens (including phenoxy) is 1. The molecule has 3 rings (SSSR count). The lowest BCUT2D eigenvalue weighted by Gasteiger charge is -2.28. The van der Waals surface area contributed by atoms with E-state index >= 15 is 0 Å². The number of carbonyl (C=O) groups is 3. The van der Waals surface area contributed by atoms with Gasteiger partial charge in [-0.2, -0.15) is 0 Å². The summed E-state index contributed by atoms with van der Waals surface area (Å²) in [5.74, 6) is -0.556. The second-order valence-electron chi connectivity index (χ2n) is 7.73. The summed E-state index contributed by atoms with van der Waals surface area (Å²) in [6, 6.07) is 9.15. The lowest BCUT2D eigenvalue weighted by atomic mass is 9.99. The van der Waals surface area contributed by atoms with E-state index in [2.05, 4.69) is 0 Å². The van der Waals surface area contributed by atoms with E-state index in [1.807, 2.05) is 6.92 Å². The Balaban J connectivity index is 2.04. The summed E-state index contributed by atoms with van der Waals surface area (Å²) in [7, 11) is 1.31. The van der Waals surface area contributed by atoms with Crippen LogP contribution in [0.3, 0.4) is 0 Å². The topological polar surface area (TPSA) is 81.8 Å². The number of carbonyl (C=O) groups excluding carboxylic acids is 3. The quantitative estimate of drug-likeness (QED) is 0.339. The Morgan fingerprint density at radius 1 is 1.15 bits per heavy atom. The molecule has 1 aromatic carbocycles. The summed E-state index contributed by atoms with van der Waals surface area (Å²) in [6.45, 7) is 7.70. The minimum atomic E-state index is -0.825. The van der Waals surface area contributed by atoms with E-state index in [0.29, 0.717) is 45.4 Å². The molecule has 3 aromatic rings. The minimum absolute atomic E-state index is 0.109. The van der Waals surface area contributed by atoms with Crippen LogP contribution in [0.5, 0.6) is 0 Å². The van der Waals surface area contributed by atoms with Crippen LogP contribution in [-0.4, -0.2) is 40.3 Å². The molecule has 0 spiro atoms. The molecule has 33 heavy (non-hydrogen) atoms. The van der Waals surface area contributed by atoms with Crippen LogP contribution in [0.2, 0.25) is 5.02 Å². The van der Waals surface area contributed by atoms with E-state index in [4.69, 9.17) is 20.8 Å². The summed E-state index contributed by atoms with van der Waals surface area (Å²) in [6.07, 6.45) is 1.52. The predicted molar refractivity (Wildman–Crippen MR) is 125 cm³/mol. The van der Waals surface area contributed by atoms with Crippen LogP contribution in [0.25, 0.3) is 0 Å². The molecule has 0 saturated carbocycles. The third kappa shape index (κ3) is 4.73. The normalized spacial score (nSPS) is 11.8. The number of furan rings is 1. The Bertz CT molecular complexity index is 1160. The van der Waals surface area contributed by atoms with Crippen molar-refractivity contribution in [2.75, 3.05) is 7.11 Å². The Hall–Kier alpha value is -3.32. The SMILES string of the molecule is CCn1c(C)c(C(=O)[C@@H](C)N(Cc2ccco2)C(=O)c2ccc(Cl)cc2)c(C)c1C(=O)OC. The monoisotopic (exact) mass is 470 g/mol. The fraction of sp³-hybridized carbons (Fsp3) is 0.320. The van der Waals surface area contributed by atoms with Gasteiger partial charge in [-0.25, -0.2) is 4.79 Å². The van der Waals surface area contributed by atoms with E-state index in [-0.39, 0.29) is 18.2 Å². The third-order valence-corrected chi connectivity index (χ3v) is 6.07. The molecule has 7 nitrogen and oxygen atoms in total. The first-order valence-corrected chi connectivity index (χ1v) is 11.0. The van der Waals surface area contributed by atoms with Crippen LogP contribution in [0.4, 0.5) is 0 Å². The number of halogens is 1. The van der Waals surface area contributed by atoms with Crippen molar-refractivity contribution in [3.05, 3.63) is 81.5 Å². The van der Waals surface area contributed by atoms with Gasteiger partial charge >= 0.3 is 5.97 Å². The summed E-state index contributed by atoms with van der Waals surface area (Å²) < 4.78 is 12.1. The second-order valence-corrected chi connectivity index (χ2v) is 8.17. The maximum atomic E-state index is 13.7. The molecule has 1 amide bonds. The largest absolute Gasteiger partial charge is 0.467 e. The molecule has 0 aliphatic rings. The second kappa shape index (κ2) is 10.1. The molecule has 0 fully saturated rings. The average molecular weight is 471 g/mol. The van der Waals surface area contributed by atoms with Crippen molar-refractivity contribution in [3.8, 4) is 0 Å². The number of esters is 1. The lowest BCUT2D eigenvalue weighted by molar-refractivity contribution is 0.0585. The van der Waals surface area contributed by atoms with Crippen molar-refractivity contribution >= 4 is 29.3 Å². The number of benzene rings is 1.